The normalized spacial score (nSPS) is 10.5. The van der Waals surface area contributed by atoms with Crippen molar-refractivity contribution in [3.8, 4) is 11.5 Å². The van der Waals surface area contributed by atoms with E-state index in [0.29, 0.717) is 12.5 Å². The Morgan fingerprint density at radius 3 is 2.33 bits per heavy atom. The molecule has 21 heavy (non-hydrogen) atoms. The molecule has 0 amide bonds. The lowest BCUT2D eigenvalue weighted by molar-refractivity contribution is 0.293. The topological polar surface area (TPSA) is 18.5 Å². The number of hydrogen-bond acceptors (Lipinski definition) is 2. The fraction of sp³-hybridized carbons (Fsp3) is 0.250. The predicted octanol–water partition coefficient (Wildman–Crippen LogP) is 5.85. The molecule has 0 N–H and O–H groups in total. The summed E-state index contributed by atoms with van der Waals surface area (Å²) < 4.78 is 13.0. The highest BCUT2D eigenvalue weighted by molar-refractivity contribution is 9.11. The van der Waals surface area contributed by atoms with Crippen LogP contribution >= 0.6 is 43.5 Å². The highest BCUT2D eigenvalue weighted by Crippen LogP contribution is 2.36. The molecule has 0 heterocycles. The largest absolute Gasteiger partial charge is 0.496 e. The van der Waals surface area contributed by atoms with Crippen LogP contribution in [-0.4, -0.2) is 7.11 Å². The first-order valence-corrected chi connectivity index (χ1v) is 8.47. The number of benzene rings is 2. The number of aryl methyl sites for hydroxylation is 1. The van der Waals surface area contributed by atoms with Crippen LogP contribution in [0.15, 0.2) is 39.3 Å². The molecule has 0 radical (unpaired) electrons. The maximum atomic E-state index is 5.93. The summed E-state index contributed by atoms with van der Waals surface area (Å²) in [5, 5.41) is 0. The molecule has 0 saturated heterocycles. The van der Waals surface area contributed by atoms with E-state index in [1.165, 1.54) is 5.56 Å². The van der Waals surface area contributed by atoms with Gasteiger partial charge in [-0.3, -0.25) is 0 Å². The molecule has 2 aromatic carbocycles. The maximum Gasteiger partial charge on any atom is 0.148 e. The molecule has 2 aromatic rings. The summed E-state index contributed by atoms with van der Waals surface area (Å²) in [6.07, 6.45) is 0. The summed E-state index contributed by atoms with van der Waals surface area (Å²) in [5.74, 6) is 2.04. The molecule has 0 bridgehead atoms. The molecule has 0 unspecified atom stereocenters. The first-order valence-electron chi connectivity index (χ1n) is 6.35. The first kappa shape index (κ1) is 16.7. The Bertz CT molecular complexity index is 621. The summed E-state index contributed by atoms with van der Waals surface area (Å²) in [5.41, 5.74) is 3.21. The Hall–Kier alpha value is -0.710. The molecule has 0 aromatic heterocycles. The molecular weight excluding hydrogens is 419 g/mol. The van der Waals surface area contributed by atoms with Crippen molar-refractivity contribution in [1.82, 2.24) is 0 Å². The van der Waals surface area contributed by atoms with Gasteiger partial charge in [0.2, 0.25) is 0 Å². The van der Waals surface area contributed by atoms with E-state index in [1.807, 2.05) is 31.2 Å². The minimum Gasteiger partial charge on any atom is -0.496 e. The number of hydrogen-bond donors (Lipinski definition) is 0. The van der Waals surface area contributed by atoms with Crippen molar-refractivity contribution in [3.63, 3.8) is 0 Å². The van der Waals surface area contributed by atoms with Crippen LogP contribution in [0.1, 0.15) is 16.7 Å². The van der Waals surface area contributed by atoms with Gasteiger partial charge in [0, 0.05) is 11.4 Å². The van der Waals surface area contributed by atoms with Crippen LogP contribution in [-0.2, 0) is 12.5 Å². The summed E-state index contributed by atoms with van der Waals surface area (Å²) in [4.78, 5) is 0. The Morgan fingerprint density at radius 2 is 1.76 bits per heavy atom. The molecule has 0 fully saturated rings. The van der Waals surface area contributed by atoms with Gasteiger partial charge in [-0.05, 0) is 68.6 Å². The van der Waals surface area contributed by atoms with E-state index in [4.69, 9.17) is 21.1 Å². The third-order valence-corrected chi connectivity index (χ3v) is 4.51. The molecule has 0 saturated carbocycles. The van der Waals surface area contributed by atoms with Gasteiger partial charge < -0.3 is 9.47 Å². The van der Waals surface area contributed by atoms with Gasteiger partial charge in [-0.15, -0.1) is 11.6 Å². The molecule has 0 spiro atoms. The second-order valence-corrected chi connectivity index (χ2v) is 6.60. The van der Waals surface area contributed by atoms with E-state index in [1.54, 1.807) is 7.11 Å². The van der Waals surface area contributed by atoms with E-state index in [-0.39, 0.29) is 0 Å². The zero-order valence-corrected chi connectivity index (χ0v) is 15.7. The second kappa shape index (κ2) is 7.52. The number of methoxy groups -OCH3 is 1. The minimum atomic E-state index is 0.433. The van der Waals surface area contributed by atoms with Crippen LogP contribution in [0, 0.1) is 6.92 Å². The molecule has 0 aliphatic rings. The van der Waals surface area contributed by atoms with E-state index in [2.05, 4.69) is 37.9 Å². The first-order chi connectivity index (χ1) is 10.0. The van der Waals surface area contributed by atoms with Gasteiger partial charge in [0.05, 0.1) is 16.1 Å². The number of alkyl halides is 1. The van der Waals surface area contributed by atoms with Gasteiger partial charge in [0.25, 0.3) is 0 Å². The third-order valence-electron chi connectivity index (χ3n) is 3.02. The van der Waals surface area contributed by atoms with Gasteiger partial charge in [-0.1, -0.05) is 11.6 Å². The Kier molecular flexibility index (Phi) is 5.97. The lowest BCUT2D eigenvalue weighted by atomic mass is 10.1. The predicted molar refractivity (Wildman–Crippen MR) is 93.5 cm³/mol. The second-order valence-electron chi connectivity index (χ2n) is 4.63. The standard InChI is InChI=1S/C16H15Br2ClO2/c1-10-3-4-15(20-2)12(5-10)9-21-16-13(17)6-11(8-19)7-14(16)18/h3-7H,8-9H2,1-2H3. The van der Waals surface area contributed by atoms with E-state index >= 15 is 0 Å². The third kappa shape index (κ3) is 4.15. The molecule has 0 aliphatic heterocycles. The zero-order valence-electron chi connectivity index (χ0n) is 11.8. The van der Waals surface area contributed by atoms with Crippen molar-refractivity contribution in [1.29, 1.82) is 0 Å². The number of halogens is 3. The quantitative estimate of drug-likeness (QED) is 0.550. The van der Waals surface area contributed by atoms with Crippen LogP contribution in [0.25, 0.3) is 0 Å². The summed E-state index contributed by atoms with van der Waals surface area (Å²) in [7, 11) is 1.66. The summed E-state index contributed by atoms with van der Waals surface area (Å²) >= 11 is 12.9. The molecule has 5 heteroatoms. The minimum absolute atomic E-state index is 0.433. The van der Waals surface area contributed by atoms with Crippen molar-refractivity contribution in [2.75, 3.05) is 7.11 Å². The Balaban J connectivity index is 2.22. The van der Waals surface area contributed by atoms with E-state index in [0.717, 1.165) is 31.6 Å². The Morgan fingerprint density at radius 1 is 1.10 bits per heavy atom. The number of ether oxygens (including phenoxy) is 2. The Labute approximate surface area is 146 Å². The monoisotopic (exact) mass is 432 g/mol. The SMILES string of the molecule is COc1ccc(C)cc1COc1c(Br)cc(CCl)cc1Br. The molecule has 112 valence electrons. The zero-order chi connectivity index (χ0) is 15.4. The van der Waals surface area contributed by atoms with Crippen molar-refractivity contribution in [2.45, 2.75) is 19.4 Å². The van der Waals surface area contributed by atoms with Crippen LogP contribution in [0.2, 0.25) is 0 Å². The van der Waals surface area contributed by atoms with Crippen LogP contribution < -0.4 is 9.47 Å². The molecular formula is C16H15Br2ClO2. The van der Waals surface area contributed by atoms with Crippen molar-refractivity contribution in [3.05, 3.63) is 56.0 Å². The lowest BCUT2D eigenvalue weighted by Gasteiger charge is -2.14. The highest BCUT2D eigenvalue weighted by atomic mass is 79.9. The summed E-state index contributed by atoms with van der Waals surface area (Å²) in [6, 6.07) is 9.95. The molecule has 0 atom stereocenters. The van der Waals surface area contributed by atoms with Crippen LogP contribution in [0.4, 0.5) is 0 Å². The van der Waals surface area contributed by atoms with Crippen molar-refractivity contribution >= 4 is 43.5 Å². The highest BCUT2D eigenvalue weighted by Gasteiger charge is 2.11. The van der Waals surface area contributed by atoms with Crippen molar-refractivity contribution < 1.29 is 9.47 Å². The maximum absolute atomic E-state index is 5.93. The van der Waals surface area contributed by atoms with Gasteiger partial charge in [-0.2, -0.15) is 0 Å². The van der Waals surface area contributed by atoms with E-state index in [9.17, 15) is 0 Å². The number of rotatable bonds is 5. The molecule has 0 aliphatic carbocycles. The average molecular weight is 435 g/mol. The molecule has 2 nitrogen and oxygen atoms in total. The molecule has 2 rings (SSSR count). The smallest absolute Gasteiger partial charge is 0.148 e. The van der Waals surface area contributed by atoms with Gasteiger partial charge in [0.15, 0.2) is 0 Å². The fourth-order valence-corrected chi connectivity index (χ4v) is 3.66. The lowest BCUT2D eigenvalue weighted by Crippen LogP contribution is -2.00. The van der Waals surface area contributed by atoms with Gasteiger partial charge in [0.1, 0.15) is 18.1 Å². The van der Waals surface area contributed by atoms with Crippen molar-refractivity contribution in [2.24, 2.45) is 0 Å². The van der Waals surface area contributed by atoms with Crippen LogP contribution in [0.5, 0.6) is 11.5 Å². The van der Waals surface area contributed by atoms with Gasteiger partial charge >= 0.3 is 0 Å². The van der Waals surface area contributed by atoms with Gasteiger partial charge in [-0.25, -0.2) is 0 Å². The summed E-state index contributed by atoms with van der Waals surface area (Å²) in [6.45, 7) is 2.48. The van der Waals surface area contributed by atoms with Crippen LogP contribution in [0.3, 0.4) is 0 Å². The average Bonchev–Trinajstić information content (AvgIpc) is 2.46. The van der Waals surface area contributed by atoms with E-state index < -0.39 is 0 Å². The fourth-order valence-electron chi connectivity index (χ4n) is 2.00.